The Morgan fingerprint density at radius 3 is 2.76 bits per heavy atom. The summed E-state index contributed by atoms with van der Waals surface area (Å²) in [4.78, 5) is 15.4. The number of hydrogen-bond acceptors (Lipinski definition) is 3. The summed E-state index contributed by atoms with van der Waals surface area (Å²) in [6.45, 7) is 1.93. The van der Waals surface area contributed by atoms with E-state index in [1.807, 2.05) is 18.4 Å². The van der Waals surface area contributed by atoms with Gasteiger partial charge in [-0.15, -0.1) is 0 Å². The first-order chi connectivity index (χ1) is 9.84. The van der Waals surface area contributed by atoms with Gasteiger partial charge >= 0.3 is 0 Å². The van der Waals surface area contributed by atoms with Crippen LogP contribution in [0, 0.1) is 0 Å². The van der Waals surface area contributed by atoms with E-state index in [-0.39, 0.29) is 12.5 Å². The number of halogens is 2. The van der Waals surface area contributed by atoms with E-state index in [0.717, 1.165) is 19.8 Å². The van der Waals surface area contributed by atoms with Gasteiger partial charge in [0.25, 0.3) is 5.91 Å². The van der Waals surface area contributed by atoms with Gasteiger partial charge in [-0.3, -0.25) is 4.79 Å². The maximum absolute atomic E-state index is 12.3. The predicted molar refractivity (Wildman–Crippen MR) is 95.0 cm³/mol. The van der Waals surface area contributed by atoms with Crippen LogP contribution >= 0.6 is 43.6 Å². The molecule has 4 nitrogen and oxygen atoms in total. The van der Waals surface area contributed by atoms with E-state index in [9.17, 15) is 9.90 Å². The number of aromatic nitrogens is 1. The van der Waals surface area contributed by atoms with E-state index in [2.05, 4.69) is 42.2 Å². The Balaban J connectivity index is 2.18. The average Bonchev–Trinajstić information content (AvgIpc) is 2.79. The molecule has 0 saturated heterocycles. The van der Waals surface area contributed by atoms with Crippen LogP contribution in [0.4, 0.5) is 0 Å². The molecule has 0 saturated carbocycles. The summed E-state index contributed by atoms with van der Waals surface area (Å²) >= 11 is 8.42. The number of aromatic amines is 1. The van der Waals surface area contributed by atoms with E-state index >= 15 is 0 Å². The average molecular weight is 436 g/mol. The second kappa shape index (κ2) is 6.73. The van der Waals surface area contributed by atoms with Crippen LogP contribution in [-0.2, 0) is 0 Å². The van der Waals surface area contributed by atoms with Crippen molar-refractivity contribution in [3.63, 3.8) is 0 Å². The van der Waals surface area contributed by atoms with Gasteiger partial charge in [-0.2, -0.15) is 11.8 Å². The third kappa shape index (κ3) is 4.03. The molecule has 114 valence electrons. The highest BCUT2D eigenvalue weighted by atomic mass is 79.9. The molecule has 1 amide bonds. The number of aliphatic hydroxyl groups is 1. The second-order valence-corrected chi connectivity index (χ2v) is 7.70. The van der Waals surface area contributed by atoms with Crippen LogP contribution in [0.2, 0.25) is 0 Å². The Bertz CT molecular complexity index is 670. The van der Waals surface area contributed by atoms with Gasteiger partial charge in [0.05, 0.1) is 11.2 Å². The quantitative estimate of drug-likeness (QED) is 0.672. The van der Waals surface area contributed by atoms with Crippen LogP contribution in [0.25, 0.3) is 10.9 Å². The fourth-order valence-corrected chi connectivity index (χ4v) is 3.44. The van der Waals surface area contributed by atoms with Crippen LogP contribution < -0.4 is 5.32 Å². The number of fused-ring (bicyclic) bond motifs is 1. The zero-order chi connectivity index (χ0) is 15.6. The zero-order valence-electron chi connectivity index (χ0n) is 11.7. The van der Waals surface area contributed by atoms with Crippen molar-refractivity contribution in [1.29, 1.82) is 0 Å². The highest BCUT2D eigenvalue weighted by molar-refractivity contribution is 9.13. The number of H-pyrrole nitrogens is 1. The van der Waals surface area contributed by atoms with Crippen molar-refractivity contribution < 1.29 is 9.90 Å². The first-order valence-electron chi connectivity index (χ1n) is 6.30. The molecule has 0 bridgehead atoms. The van der Waals surface area contributed by atoms with Crippen molar-refractivity contribution in [1.82, 2.24) is 10.3 Å². The molecule has 1 aromatic heterocycles. The summed E-state index contributed by atoms with van der Waals surface area (Å²) < 4.78 is 1.81. The minimum atomic E-state index is -0.912. The first kappa shape index (κ1) is 16.9. The van der Waals surface area contributed by atoms with E-state index in [4.69, 9.17) is 0 Å². The minimum absolute atomic E-state index is 0.197. The van der Waals surface area contributed by atoms with Crippen LogP contribution in [0.15, 0.2) is 27.3 Å². The second-order valence-electron chi connectivity index (χ2n) is 5.13. The Morgan fingerprint density at radius 1 is 1.43 bits per heavy atom. The monoisotopic (exact) mass is 434 g/mol. The summed E-state index contributed by atoms with van der Waals surface area (Å²) in [6.07, 6.45) is 3.60. The summed E-state index contributed by atoms with van der Waals surface area (Å²) in [5.41, 5.74) is 0.536. The SMILES string of the molecule is CSCC(C)(O)CNC(=O)c1c[nH]c2cc(Br)c(Br)cc12. The normalized spacial score (nSPS) is 14.1. The highest BCUT2D eigenvalue weighted by Gasteiger charge is 2.22. The van der Waals surface area contributed by atoms with Crippen LogP contribution in [0.1, 0.15) is 17.3 Å². The molecular weight excluding hydrogens is 420 g/mol. The van der Waals surface area contributed by atoms with Gasteiger partial charge in [0.2, 0.25) is 0 Å². The molecule has 0 aliphatic carbocycles. The zero-order valence-corrected chi connectivity index (χ0v) is 15.7. The van der Waals surface area contributed by atoms with Gasteiger partial charge in [-0.05, 0) is 57.2 Å². The van der Waals surface area contributed by atoms with Crippen molar-refractivity contribution in [2.24, 2.45) is 0 Å². The molecule has 0 spiro atoms. The molecule has 0 aliphatic heterocycles. The molecule has 1 atom stereocenters. The molecule has 2 aromatic rings. The number of carbonyl (C=O) groups is 1. The number of hydrogen-bond donors (Lipinski definition) is 3. The third-order valence-corrected chi connectivity index (χ3v) is 5.81. The first-order valence-corrected chi connectivity index (χ1v) is 9.28. The lowest BCUT2D eigenvalue weighted by atomic mass is 10.1. The van der Waals surface area contributed by atoms with E-state index in [0.29, 0.717) is 11.3 Å². The predicted octanol–water partition coefficient (Wildman–Crippen LogP) is 3.54. The molecule has 0 radical (unpaired) electrons. The summed E-state index contributed by atoms with van der Waals surface area (Å²) in [5, 5.41) is 13.7. The molecule has 3 N–H and O–H groups in total. The number of carbonyl (C=O) groups excluding carboxylic acids is 1. The van der Waals surface area contributed by atoms with Crippen molar-refractivity contribution in [3.05, 3.63) is 32.8 Å². The smallest absolute Gasteiger partial charge is 0.253 e. The lowest BCUT2D eigenvalue weighted by Gasteiger charge is -2.22. The summed E-state index contributed by atoms with van der Waals surface area (Å²) in [7, 11) is 0. The lowest BCUT2D eigenvalue weighted by molar-refractivity contribution is 0.0726. The van der Waals surface area contributed by atoms with Gasteiger partial charge < -0.3 is 15.4 Å². The van der Waals surface area contributed by atoms with Gasteiger partial charge in [0, 0.05) is 38.3 Å². The number of benzene rings is 1. The fourth-order valence-electron chi connectivity index (χ4n) is 2.03. The molecular formula is C14H16Br2N2O2S. The molecule has 1 unspecified atom stereocenters. The van der Waals surface area contributed by atoms with Crippen molar-refractivity contribution in [2.75, 3.05) is 18.6 Å². The van der Waals surface area contributed by atoms with Crippen molar-refractivity contribution >= 4 is 60.4 Å². The van der Waals surface area contributed by atoms with Crippen LogP contribution in [0.3, 0.4) is 0 Å². The summed E-state index contributed by atoms with van der Waals surface area (Å²) in [6, 6.07) is 3.81. The lowest BCUT2D eigenvalue weighted by Crippen LogP contribution is -2.42. The standard InChI is InChI=1S/C14H16Br2N2O2S/c1-14(20,7-21-2)6-18-13(19)9-5-17-12-4-11(16)10(15)3-8(9)12/h3-5,17,20H,6-7H2,1-2H3,(H,18,19). The number of amides is 1. The number of rotatable bonds is 5. The van der Waals surface area contributed by atoms with E-state index in [1.54, 1.807) is 24.9 Å². The van der Waals surface area contributed by atoms with Gasteiger partial charge in [-0.1, -0.05) is 0 Å². The van der Waals surface area contributed by atoms with E-state index in [1.165, 1.54) is 0 Å². The third-order valence-electron chi connectivity index (χ3n) is 3.05. The van der Waals surface area contributed by atoms with Crippen molar-refractivity contribution in [3.8, 4) is 0 Å². The highest BCUT2D eigenvalue weighted by Crippen LogP contribution is 2.30. The van der Waals surface area contributed by atoms with Crippen molar-refractivity contribution in [2.45, 2.75) is 12.5 Å². The molecule has 0 fully saturated rings. The Kier molecular flexibility index (Phi) is 5.40. The fraction of sp³-hybridized carbons (Fsp3) is 0.357. The molecule has 2 rings (SSSR count). The minimum Gasteiger partial charge on any atom is -0.387 e. The molecule has 1 aromatic carbocycles. The van der Waals surface area contributed by atoms with Gasteiger partial charge in [0.15, 0.2) is 0 Å². The Labute approximate surface area is 144 Å². The Hall–Kier alpha value is -0.500. The van der Waals surface area contributed by atoms with Crippen LogP contribution in [-0.4, -0.2) is 40.2 Å². The molecule has 0 aliphatic rings. The van der Waals surface area contributed by atoms with Gasteiger partial charge in [-0.25, -0.2) is 0 Å². The summed E-state index contributed by atoms with van der Waals surface area (Å²) in [5.74, 6) is 0.372. The molecule has 7 heteroatoms. The molecule has 21 heavy (non-hydrogen) atoms. The van der Waals surface area contributed by atoms with Crippen LogP contribution in [0.5, 0.6) is 0 Å². The van der Waals surface area contributed by atoms with Gasteiger partial charge in [0.1, 0.15) is 0 Å². The number of thioether (sulfide) groups is 1. The Morgan fingerprint density at radius 2 is 2.10 bits per heavy atom. The maximum atomic E-state index is 12.3. The molecule has 1 heterocycles. The largest absolute Gasteiger partial charge is 0.387 e. The maximum Gasteiger partial charge on any atom is 0.253 e. The topological polar surface area (TPSA) is 65.1 Å². The number of nitrogens with one attached hydrogen (secondary N) is 2. The van der Waals surface area contributed by atoms with E-state index < -0.39 is 5.60 Å².